The van der Waals surface area contributed by atoms with E-state index in [4.69, 9.17) is 33.2 Å². The number of hydrogen-bond acceptors (Lipinski definition) is 14. The molecule has 2 saturated carbocycles. The van der Waals surface area contributed by atoms with Crippen LogP contribution in [0, 0.1) is 0 Å². The Kier molecular flexibility index (Phi) is 18.1. The lowest BCUT2D eigenvalue weighted by atomic mass is 9.69. The standard InChI is InChI=1S/C52H64O14/c1-31(53)60-27-41-21-38(22-42(28-61-32(2)54)49(41)64-35(5)57)19-20-52(8,45-23-43(29-62-33(3)55)50(65-36(6)58)47(25-45)39-15-11-9-12-16-39)46-24-44(30-63-34(4)56)51(66-37(7)59)48(26-46)40-17-13-10-14-18-40/h21-26,39-40H,9-20,27-30H2,1-8H3. The Hall–Kier alpha value is -6.05. The molecule has 0 amide bonds. The van der Waals surface area contributed by atoms with E-state index in [0.29, 0.717) is 46.6 Å². The Morgan fingerprint density at radius 1 is 0.439 bits per heavy atom. The third-order valence-electron chi connectivity index (χ3n) is 12.4. The molecular weight excluding hydrogens is 849 g/mol. The van der Waals surface area contributed by atoms with Crippen LogP contribution in [0.2, 0.25) is 0 Å². The fourth-order valence-electron chi connectivity index (χ4n) is 9.28. The minimum absolute atomic E-state index is 0.0403. The van der Waals surface area contributed by atoms with E-state index in [1.807, 2.05) is 12.1 Å². The Balaban J connectivity index is 1.83. The van der Waals surface area contributed by atoms with Gasteiger partial charge >= 0.3 is 41.8 Å². The molecule has 0 aromatic heterocycles. The first kappa shape index (κ1) is 50.9. The molecule has 3 aromatic rings. The molecule has 3 aromatic carbocycles. The van der Waals surface area contributed by atoms with E-state index in [0.717, 1.165) is 92.0 Å². The average molecular weight is 913 g/mol. The van der Waals surface area contributed by atoms with Crippen molar-refractivity contribution in [2.75, 3.05) is 0 Å². The van der Waals surface area contributed by atoms with Crippen molar-refractivity contribution in [1.82, 2.24) is 0 Å². The molecule has 0 N–H and O–H groups in total. The summed E-state index contributed by atoms with van der Waals surface area (Å²) in [5.74, 6) is -2.79. The van der Waals surface area contributed by atoms with Crippen LogP contribution in [-0.2, 0) is 90.8 Å². The lowest BCUT2D eigenvalue weighted by molar-refractivity contribution is -0.143. The second-order valence-corrected chi connectivity index (χ2v) is 17.8. The fraction of sp³-hybridized carbons (Fsp3) is 0.519. The van der Waals surface area contributed by atoms with Crippen molar-refractivity contribution >= 4 is 41.8 Å². The molecule has 0 spiro atoms. The van der Waals surface area contributed by atoms with Crippen LogP contribution in [0.1, 0.15) is 188 Å². The van der Waals surface area contributed by atoms with Gasteiger partial charge in [0.05, 0.1) is 0 Å². The van der Waals surface area contributed by atoms with Gasteiger partial charge in [-0.1, -0.05) is 57.6 Å². The molecule has 14 nitrogen and oxygen atoms in total. The summed E-state index contributed by atoms with van der Waals surface area (Å²) in [5.41, 5.74) is 4.96. The van der Waals surface area contributed by atoms with Gasteiger partial charge in [0.15, 0.2) is 0 Å². The van der Waals surface area contributed by atoms with Gasteiger partial charge in [-0.2, -0.15) is 0 Å². The smallest absolute Gasteiger partial charge is 0.308 e. The highest BCUT2D eigenvalue weighted by molar-refractivity contribution is 5.73. The minimum Gasteiger partial charge on any atom is -0.461 e. The fourth-order valence-corrected chi connectivity index (χ4v) is 9.28. The summed E-state index contributed by atoms with van der Waals surface area (Å²) in [6.07, 6.45) is 10.3. The van der Waals surface area contributed by atoms with Gasteiger partial charge in [-0.25, -0.2) is 0 Å². The molecule has 0 heterocycles. The third kappa shape index (κ3) is 14.0. The molecule has 0 atom stereocenters. The molecule has 356 valence electrons. The first-order valence-electron chi connectivity index (χ1n) is 22.9. The van der Waals surface area contributed by atoms with E-state index in [-0.39, 0.29) is 44.0 Å². The lowest BCUT2D eigenvalue weighted by Gasteiger charge is -2.36. The Labute approximate surface area is 387 Å². The second kappa shape index (κ2) is 23.4. The molecule has 0 aliphatic heterocycles. The normalized spacial score (nSPS) is 14.4. The molecule has 0 bridgehead atoms. The summed E-state index contributed by atoms with van der Waals surface area (Å²) in [5, 5.41) is 0. The zero-order chi connectivity index (χ0) is 48.1. The van der Waals surface area contributed by atoms with Crippen LogP contribution in [0.3, 0.4) is 0 Å². The maximum atomic E-state index is 12.8. The number of aryl methyl sites for hydroxylation is 1. The molecule has 0 radical (unpaired) electrons. The van der Waals surface area contributed by atoms with Crippen molar-refractivity contribution in [3.63, 3.8) is 0 Å². The van der Waals surface area contributed by atoms with Gasteiger partial charge in [-0.15, -0.1) is 0 Å². The SMILES string of the molecule is CC(=O)OCc1cc(CCC(C)(c2cc(COC(C)=O)c(OC(C)=O)c(C3CCCCC3)c2)c2cc(COC(C)=O)c(OC(C)=O)c(C3CCCCC3)c2)cc(COC(C)=O)c1OC(C)=O. The Bertz CT molecular complexity index is 2150. The first-order valence-corrected chi connectivity index (χ1v) is 22.9. The van der Waals surface area contributed by atoms with Crippen LogP contribution in [0.5, 0.6) is 17.2 Å². The van der Waals surface area contributed by atoms with Gasteiger partial charge in [0.1, 0.15) is 43.7 Å². The average Bonchev–Trinajstić information content (AvgIpc) is 3.26. The van der Waals surface area contributed by atoms with Crippen molar-refractivity contribution in [2.45, 2.75) is 176 Å². The van der Waals surface area contributed by atoms with Crippen LogP contribution in [-0.4, -0.2) is 41.8 Å². The van der Waals surface area contributed by atoms with Crippen LogP contribution in [0.25, 0.3) is 0 Å². The topological polar surface area (TPSA) is 184 Å². The molecule has 66 heavy (non-hydrogen) atoms. The predicted molar refractivity (Wildman–Crippen MR) is 242 cm³/mol. The molecule has 0 saturated heterocycles. The molecule has 2 fully saturated rings. The number of hydrogen-bond donors (Lipinski definition) is 0. The summed E-state index contributed by atoms with van der Waals surface area (Å²) < 4.78 is 39.7. The van der Waals surface area contributed by atoms with Gasteiger partial charge < -0.3 is 33.2 Å². The van der Waals surface area contributed by atoms with Gasteiger partial charge in [-0.05, 0) is 102 Å². The van der Waals surface area contributed by atoms with Gasteiger partial charge in [0, 0.05) is 76.1 Å². The summed E-state index contributed by atoms with van der Waals surface area (Å²) >= 11 is 0. The quantitative estimate of drug-likeness (QED) is 0.0667. The molecule has 5 rings (SSSR count). The molecule has 2 aliphatic rings. The largest absolute Gasteiger partial charge is 0.461 e. The van der Waals surface area contributed by atoms with Crippen LogP contribution < -0.4 is 14.2 Å². The number of ether oxygens (including phenoxy) is 7. The molecule has 14 heteroatoms. The van der Waals surface area contributed by atoms with Crippen molar-refractivity contribution in [1.29, 1.82) is 0 Å². The maximum absolute atomic E-state index is 12.8. The summed E-state index contributed by atoms with van der Waals surface area (Å²) in [6, 6.07) is 11.6. The van der Waals surface area contributed by atoms with Crippen molar-refractivity contribution < 1.29 is 66.7 Å². The molecular formula is C52H64O14. The van der Waals surface area contributed by atoms with E-state index in [1.54, 1.807) is 12.1 Å². The summed E-state index contributed by atoms with van der Waals surface area (Å²) in [7, 11) is 0. The number of esters is 7. The van der Waals surface area contributed by atoms with E-state index >= 15 is 0 Å². The van der Waals surface area contributed by atoms with Crippen LogP contribution in [0.15, 0.2) is 36.4 Å². The number of rotatable bonds is 18. The van der Waals surface area contributed by atoms with E-state index in [1.165, 1.54) is 48.5 Å². The lowest BCUT2D eigenvalue weighted by Crippen LogP contribution is -2.27. The Morgan fingerprint density at radius 3 is 1.08 bits per heavy atom. The van der Waals surface area contributed by atoms with Crippen LogP contribution >= 0.6 is 0 Å². The monoisotopic (exact) mass is 912 g/mol. The van der Waals surface area contributed by atoms with Gasteiger partial charge in [-0.3, -0.25) is 33.6 Å². The van der Waals surface area contributed by atoms with Crippen molar-refractivity contribution in [3.8, 4) is 17.2 Å². The number of benzene rings is 3. The van der Waals surface area contributed by atoms with Crippen molar-refractivity contribution in [2.24, 2.45) is 0 Å². The highest BCUT2D eigenvalue weighted by Crippen LogP contribution is 2.48. The first-order chi connectivity index (χ1) is 31.3. The van der Waals surface area contributed by atoms with E-state index in [9.17, 15) is 33.6 Å². The molecule has 2 aliphatic carbocycles. The zero-order valence-electron chi connectivity index (χ0n) is 39.6. The van der Waals surface area contributed by atoms with Crippen LogP contribution in [0.4, 0.5) is 0 Å². The highest BCUT2D eigenvalue weighted by atomic mass is 16.6. The second-order valence-electron chi connectivity index (χ2n) is 17.8. The van der Waals surface area contributed by atoms with Crippen molar-refractivity contribution in [3.05, 3.63) is 86.5 Å². The van der Waals surface area contributed by atoms with Gasteiger partial charge in [0.2, 0.25) is 0 Å². The van der Waals surface area contributed by atoms with E-state index in [2.05, 4.69) is 19.1 Å². The third-order valence-corrected chi connectivity index (χ3v) is 12.4. The predicted octanol–water partition coefficient (Wildman–Crippen LogP) is 9.75. The number of carbonyl (C=O) groups is 7. The zero-order valence-corrected chi connectivity index (χ0v) is 39.6. The maximum Gasteiger partial charge on any atom is 0.308 e. The van der Waals surface area contributed by atoms with Gasteiger partial charge in [0.25, 0.3) is 0 Å². The number of carbonyl (C=O) groups excluding carboxylic acids is 7. The van der Waals surface area contributed by atoms with E-state index < -0.39 is 47.2 Å². The highest BCUT2D eigenvalue weighted by Gasteiger charge is 2.36. The summed E-state index contributed by atoms with van der Waals surface area (Å²) in [4.78, 5) is 86.8. The minimum atomic E-state index is -0.924. The summed E-state index contributed by atoms with van der Waals surface area (Å²) in [6.45, 7) is 10.5. The Morgan fingerprint density at radius 2 is 0.758 bits per heavy atom. The molecule has 0 unspecified atom stereocenters.